The number of nitrogens with zero attached hydrogens (tertiary/aromatic N) is 1. The summed E-state index contributed by atoms with van der Waals surface area (Å²) in [6.45, 7) is 9.59. The molecule has 8 nitrogen and oxygen atoms in total. The van der Waals surface area contributed by atoms with Crippen LogP contribution in [0.15, 0.2) is 42.6 Å². The minimum Gasteiger partial charge on any atom is -0.479 e. The highest BCUT2D eigenvalue weighted by atomic mass is 16.6. The normalized spacial score (nSPS) is 18.7. The zero-order chi connectivity index (χ0) is 26.1. The van der Waals surface area contributed by atoms with Gasteiger partial charge in [-0.05, 0) is 90.0 Å². The predicted molar refractivity (Wildman–Crippen MR) is 137 cm³/mol. The average Bonchev–Trinajstić information content (AvgIpc) is 2.83. The molecule has 1 aliphatic carbocycles. The maximum Gasteiger partial charge on any atom is 0.412 e. The molecule has 1 aliphatic rings. The van der Waals surface area contributed by atoms with Crippen molar-refractivity contribution in [3.05, 3.63) is 53.9 Å². The van der Waals surface area contributed by atoms with Crippen molar-refractivity contribution >= 4 is 17.7 Å². The molecule has 36 heavy (non-hydrogen) atoms. The zero-order valence-corrected chi connectivity index (χ0v) is 21.9. The molecule has 196 valence electrons. The Balaban J connectivity index is 1.54. The van der Waals surface area contributed by atoms with Gasteiger partial charge in [0.2, 0.25) is 0 Å². The number of anilines is 1. The molecule has 8 heteroatoms. The molecule has 1 saturated carbocycles. The summed E-state index contributed by atoms with van der Waals surface area (Å²) in [5.74, 6) is 0.697. The summed E-state index contributed by atoms with van der Waals surface area (Å²) in [7, 11) is 0. The molecule has 1 N–H and O–H groups in total. The van der Waals surface area contributed by atoms with E-state index in [4.69, 9.17) is 18.9 Å². The number of carbonyl (C=O) groups excluding carboxylic acids is 2. The van der Waals surface area contributed by atoms with Gasteiger partial charge in [-0.25, -0.2) is 9.59 Å². The predicted octanol–water partition coefficient (Wildman–Crippen LogP) is 6.00. The molecule has 0 radical (unpaired) electrons. The van der Waals surface area contributed by atoms with Gasteiger partial charge in [0.15, 0.2) is 6.10 Å². The Morgan fingerprint density at radius 3 is 2.50 bits per heavy atom. The summed E-state index contributed by atoms with van der Waals surface area (Å²) in [5.41, 5.74) is 1.78. The third-order valence-corrected chi connectivity index (χ3v) is 5.94. The van der Waals surface area contributed by atoms with Crippen molar-refractivity contribution in [3.8, 4) is 5.75 Å². The first kappa shape index (κ1) is 27.5. The Hall–Kier alpha value is -3.13. The lowest BCUT2D eigenvalue weighted by Crippen LogP contribution is -2.28. The molecule has 2 aromatic rings. The van der Waals surface area contributed by atoms with Gasteiger partial charge in [0.1, 0.15) is 11.4 Å². The van der Waals surface area contributed by atoms with Crippen LogP contribution in [0.2, 0.25) is 0 Å². The highest BCUT2D eigenvalue weighted by Crippen LogP contribution is 2.39. The Labute approximate surface area is 213 Å². The van der Waals surface area contributed by atoms with E-state index in [0.717, 1.165) is 37.0 Å². The second kappa shape index (κ2) is 12.7. The van der Waals surface area contributed by atoms with Gasteiger partial charge in [-0.1, -0.05) is 18.2 Å². The van der Waals surface area contributed by atoms with Crippen LogP contribution in [0.25, 0.3) is 0 Å². The summed E-state index contributed by atoms with van der Waals surface area (Å²) < 4.78 is 22.6. The van der Waals surface area contributed by atoms with Gasteiger partial charge in [0.05, 0.1) is 30.7 Å². The molecule has 1 aromatic heterocycles. The molecule has 0 spiro atoms. The van der Waals surface area contributed by atoms with Crippen LogP contribution in [0.5, 0.6) is 5.75 Å². The van der Waals surface area contributed by atoms with E-state index in [1.807, 2.05) is 39.0 Å². The summed E-state index contributed by atoms with van der Waals surface area (Å²) in [6.07, 6.45) is 4.30. The van der Waals surface area contributed by atoms with E-state index in [-0.39, 0.29) is 12.1 Å². The lowest BCUT2D eigenvalue weighted by atomic mass is 9.82. The summed E-state index contributed by atoms with van der Waals surface area (Å²) in [6, 6.07) is 11.5. The zero-order valence-electron chi connectivity index (χ0n) is 21.9. The van der Waals surface area contributed by atoms with Crippen molar-refractivity contribution in [2.24, 2.45) is 0 Å². The fourth-order valence-corrected chi connectivity index (χ4v) is 4.24. The number of amides is 1. The molecule has 1 atom stereocenters. The molecule has 0 saturated heterocycles. The molecular formula is C28H38N2O6. The van der Waals surface area contributed by atoms with E-state index in [1.165, 1.54) is 0 Å². The standard InChI is InChI=1S/C28H38N2O6/c1-6-33-26(31)19(2)35-25-12-8-7-10-22(25)20-13-15-21(16-14-20)34-18-24-23(11-9-17-29-24)30-27(32)36-28(3,4)5/h7-12,17,19-21H,6,13-16,18H2,1-5H3,(H,30,32)/t19?,20-,21+. The molecule has 1 amide bonds. The number of nitrogens with one attached hydrogen (secondary N) is 1. The van der Waals surface area contributed by atoms with Gasteiger partial charge >= 0.3 is 12.1 Å². The minimum atomic E-state index is -0.660. The molecule has 3 rings (SSSR count). The number of hydrogen-bond acceptors (Lipinski definition) is 7. The highest BCUT2D eigenvalue weighted by Gasteiger charge is 2.27. The van der Waals surface area contributed by atoms with E-state index in [9.17, 15) is 9.59 Å². The number of hydrogen-bond donors (Lipinski definition) is 1. The first-order chi connectivity index (χ1) is 17.2. The van der Waals surface area contributed by atoms with Crippen LogP contribution < -0.4 is 10.1 Å². The smallest absolute Gasteiger partial charge is 0.412 e. The van der Waals surface area contributed by atoms with Crippen LogP contribution in [0.3, 0.4) is 0 Å². The number of para-hydroxylation sites is 1. The first-order valence-corrected chi connectivity index (χ1v) is 12.6. The van der Waals surface area contributed by atoms with Crippen molar-refractivity contribution in [1.82, 2.24) is 4.98 Å². The summed E-state index contributed by atoms with van der Waals surface area (Å²) in [4.78, 5) is 28.6. The summed E-state index contributed by atoms with van der Waals surface area (Å²) in [5, 5.41) is 2.77. The van der Waals surface area contributed by atoms with E-state index in [2.05, 4.69) is 16.4 Å². The Kier molecular flexibility index (Phi) is 9.70. The third kappa shape index (κ3) is 8.22. The molecule has 1 aromatic carbocycles. The first-order valence-electron chi connectivity index (χ1n) is 12.6. The number of rotatable bonds is 9. The number of benzene rings is 1. The monoisotopic (exact) mass is 498 g/mol. The second-order valence-electron chi connectivity index (χ2n) is 9.96. The topological polar surface area (TPSA) is 96.0 Å². The van der Waals surface area contributed by atoms with E-state index in [1.54, 1.807) is 32.2 Å². The minimum absolute atomic E-state index is 0.101. The van der Waals surface area contributed by atoms with Crippen LogP contribution >= 0.6 is 0 Å². The number of ether oxygens (including phenoxy) is 4. The van der Waals surface area contributed by atoms with Gasteiger partial charge in [-0.15, -0.1) is 0 Å². The largest absolute Gasteiger partial charge is 0.479 e. The van der Waals surface area contributed by atoms with Crippen LogP contribution in [0.4, 0.5) is 10.5 Å². The van der Waals surface area contributed by atoms with Crippen LogP contribution in [0.1, 0.15) is 77.5 Å². The quantitative estimate of drug-likeness (QED) is 0.424. The van der Waals surface area contributed by atoms with Crippen molar-refractivity contribution in [3.63, 3.8) is 0 Å². The van der Waals surface area contributed by atoms with Gasteiger partial charge in [-0.3, -0.25) is 10.3 Å². The average molecular weight is 499 g/mol. The number of carbonyl (C=O) groups is 2. The maximum absolute atomic E-state index is 12.2. The van der Waals surface area contributed by atoms with Gasteiger partial charge in [0, 0.05) is 6.20 Å². The van der Waals surface area contributed by atoms with E-state index < -0.39 is 17.8 Å². The van der Waals surface area contributed by atoms with Crippen LogP contribution in [-0.2, 0) is 25.6 Å². The second-order valence-corrected chi connectivity index (χ2v) is 9.96. The molecule has 1 fully saturated rings. The maximum atomic E-state index is 12.2. The molecule has 0 bridgehead atoms. The van der Waals surface area contributed by atoms with E-state index in [0.29, 0.717) is 30.5 Å². The molecule has 1 heterocycles. The third-order valence-electron chi connectivity index (χ3n) is 5.94. The van der Waals surface area contributed by atoms with E-state index >= 15 is 0 Å². The summed E-state index contributed by atoms with van der Waals surface area (Å²) >= 11 is 0. The van der Waals surface area contributed by atoms with Crippen molar-refractivity contribution in [1.29, 1.82) is 0 Å². The number of esters is 1. The van der Waals surface area contributed by atoms with Gasteiger partial charge in [0.25, 0.3) is 0 Å². The fraction of sp³-hybridized carbons (Fsp3) is 0.536. The van der Waals surface area contributed by atoms with Crippen molar-refractivity contribution in [2.45, 2.75) is 90.6 Å². The lowest BCUT2D eigenvalue weighted by molar-refractivity contribution is -0.150. The Morgan fingerprint density at radius 1 is 1.08 bits per heavy atom. The van der Waals surface area contributed by atoms with Crippen LogP contribution in [-0.4, -0.2) is 41.5 Å². The fourth-order valence-electron chi connectivity index (χ4n) is 4.24. The molecular weight excluding hydrogens is 460 g/mol. The molecule has 0 aliphatic heterocycles. The van der Waals surface area contributed by atoms with Crippen molar-refractivity contribution in [2.75, 3.05) is 11.9 Å². The Morgan fingerprint density at radius 2 is 1.81 bits per heavy atom. The van der Waals surface area contributed by atoms with Crippen molar-refractivity contribution < 1.29 is 28.5 Å². The molecule has 1 unspecified atom stereocenters. The lowest BCUT2D eigenvalue weighted by Gasteiger charge is -2.30. The van der Waals surface area contributed by atoms with Gasteiger partial charge in [-0.2, -0.15) is 0 Å². The van der Waals surface area contributed by atoms with Gasteiger partial charge < -0.3 is 18.9 Å². The Bertz CT molecular complexity index is 1010. The number of aromatic nitrogens is 1. The SMILES string of the molecule is CCOC(=O)C(C)Oc1ccccc1[C@H]1CC[C@@H](OCc2ncccc2NC(=O)OC(C)(C)C)CC1. The highest BCUT2D eigenvalue weighted by molar-refractivity contribution is 5.85. The van der Waals surface area contributed by atoms with Crippen LogP contribution in [0, 0.1) is 0 Å². The number of pyridine rings is 1.